The van der Waals surface area contributed by atoms with Crippen LogP contribution in [0.2, 0.25) is 15.2 Å². The number of carbonyl (C=O) groups is 2. The molecule has 9 heteroatoms. The number of amides is 3. The summed E-state index contributed by atoms with van der Waals surface area (Å²) in [6.07, 6.45) is 1.44. The summed E-state index contributed by atoms with van der Waals surface area (Å²) < 4.78 is 5.87. The molecule has 0 bridgehead atoms. The highest BCUT2D eigenvalue weighted by atomic mass is 35.5. The number of benzene rings is 3. The Balaban J connectivity index is 1.43. The number of pyridine rings is 1. The molecule has 0 saturated carbocycles. The summed E-state index contributed by atoms with van der Waals surface area (Å²) in [6.45, 7) is 0. The minimum Gasteiger partial charge on any atom is -0.456 e. The van der Waals surface area contributed by atoms with Crippen LogP contribution in [0.1, 0.15) is 10.4 Å². The van der Waals surface area contributed by atoms with Crippen LogP contribution in [-0.4, -0.2) is 16.9 Å². The third-order valence-electron chi connectivity index (χ3n) is 4.42. The van der Waals surface area contributed by atoms with Crippen LogP contribution in [-0.2, 0) is 0 Å². The molecule has 0 atom stereocenters. The summed E-state index contributed by atoms with van der Waals surface area (Å²) in [5, 5.41) is 7.61. The van der Waals surface area contributed by atoms with Crippen LogP contribution in [0.5, 0.6) is 11.5 Å². The number of hydrogen-bond acceptors (Lipinski definition) is 4. The van der Waals surface area contributed by atoms with E-state index in [-0.39, 0.29) is 15.7 Å². The SMILES string of the molecule is O=C(NC(=O)c1cccnc1Cl)Nc1ccc(Oc2ccc3cc(Cl)ccc3c2)c(Cl)c1. The molecular weight excluding hydrogens is 473 g/mol. The van der Waals surface area contributed by atoms with Crippen LogP contribution >= 0.6 is 34.8 Å². The predicted octanol–water partition coefficient (Wildman–Crippen LogP) is 6.95. The lowest BCUT2D eigenvalue weighted by molar-refractivity contribution is 0.0967. The fourth-order valence-corrected chi connectivity index (χ4v) is 3.54. The van der Waals surface area contributed by atoms with Gasteiger partial charge in [0.05, 0.1) is 10.6 Å². The van der Waals surface area contributed by atoms with Crippen molar-refractivity contribution < 1.29 is 14.3 Å². The van der Waals surface area contributed by atoms with E-state index in [2.05, 4.69) is 15.6 Å². The summed E-state index contributed by atoms with van der Waals surface area (Å²) in [6, 6.07) is 18.1. The molecule has 0 fully saturated rings. The first-order valence-electron chi connectivity index (χ1n) is 9.28. The maximum atomic E-state index is 12.2. The van der Waals surface area contributed by atoms with Gasteiger partial charge in [-0.05, 0) is 65.4 Å². The Morgan fingerprint density at radius 2 is 1.66 bits per heavy atom. The fraction of sp³-hybridized carbons (Fsp3) is 0. The molecule has 32 heavy (non-hydrogen) atoms. The van der Waals surface area contributed by atoms with E-state index in [1.807, 2.05) is 30.3 Å². The second-order valence-corrected chi connectivity index (χ2v) is 7.85. The Morgan fingerprint density at radius 1 is 0.875 bits per heavy atom. The Kier molecular flexibility index (Phi) is 6.46. The molecule has 4 aromatic rings. The Hall–Kier alpha value is -3.32. The third kappa shape index (κ3) is 5.11. The second-order valence-electron chi connectivity index (χ2n) is 6.65. The summed E-state index contributed by atoms with van der Waals surface area (Å²) in [5.74, 6) is 0.326. The summed E-state index contributed by atoms with van der Waals surface area (Å²) >= 11 is 18.2. The molecule has 0 saturated heterocycles. The molecule has 0 aliphatic carbocycles. The number of nitrogens with zero attached hydrogens (tertiary/aromatic N) is 1. The number of nitrogens with one attached hydrogen (secondary N) is 2. The van der Waals surface area contributed by atoms with Gasteiger partial charge in [0.2, 0.25) is 0 Å². The second kappa shape index (κ2) is 9.44. The standard InChI is InChI=1S/C23H14Cl3N3O3/c24-15-5-3-14-11-17(7-4-13(14)10-15)32-20-8-6-16(12-19(20)25)28-23(31)29-22(30)18-2-1-9-27-21(18)26/h1-12H,(H2,28,29,30,31). The zero-order valence-corrected chi connectivity index (χ0v) is 18.5. The number of carbonyl (C=O) groups excluding carboxylic acids is 2. The first-order chi connectivity index (χ1) is 15.4. The summed E-state index contributed by atoms with van der Waals surface area (Å²) in [4.78, 5) is 28.1. The quantitative estimate of drug-likeness (QED) is 0.306. The maximum Gasteiger partial charge on any atom is 0.326 e. The Bertz CT molecular complexity index is 1340. The molecule has 160 valence electrons. The van der Waals surface area contributed by atoms with E-state index in [0.717, 1.165) is 10.8 Å². The van der Waals surface area contributed by atoms with Crippen LogP contribution in [0.3, 0.4) is 0 Å². The lowest BCUT2D eigenvalue weighted by atomic mass is 10.1. The summed E-state index contributed by atoms with van der Waals surface area (Å²) in [5.41, 5.74) is 0.460. The molecule has 3 amide bonds. The highest BCUT2D eigenvalue weighted by Gasteiger charge is 2.15. The fourth-order valence-electron chi connectivity index (χ4n) is 2.93. The van der Waals surface area contributed by atoms with Crippen LogP contribution in [0.4, 0.5) is 10.5 Å². The zero-order chi connectivity index (χ0) is 22.7. The number of fused-ring (bicyclic) bond motifs is 1. The average Bonchev–Trinajstić information content (AvgIpc) is 2.76. The van der Waals surface area contributed by atoms with Crippen molar-refractivity contribution in [1.29, 1.82) is 0 Å². The van der Waals surface area contributed by atoms with Gasteiger partial charge in [-0.3, -0.25) is 10.1 Å². The molecule has 4 rings (SSSR count). The number of anilines is 1. The molecule has 6 nitrogen and oxygen atoms in total. The number of rotatable bonds is 4. The van der Waals surface area contributed by atoms with Crippen molar-refractivity contribution in [3.05, 3.63) is 93.7 Å². The van der Waals surface area contributed by atoms with Crippen LogP contribution < -0.4 is 15.4 Å². The van der Waals surface area contributed by atoms with E-state index in [1.54, 1.807) is 24.3 Å². The normalized spacial score (nSPS) is 10.6. The number of aromatic nitrogens is 1. The largest absolute Gasteiger partial charge is 0.456 e. The molecule has 0 aliphatic heterocycles. The average molecular weight is 487 g/mol. The molecule has 0 spiro atoms. The number of imide groups is 1. The molecule has 1 heterocycles. The van der Waals surface area contributed by atoms with E-state index >= 15 is 0 Å². The number of halogens is 3. The van der Waals surface area contributed by atoms with Gasteiger partial charge in [0, 0.05) is 16.9 Å². The predicted molar refractivity (Wildman–Crippen MR) is 126 cm³/mol. The monoisotopic (exact) mass is 485 g/mol. The first-order valence-corrected chi connectivity index (χ1v) is 10.4. The molecule has 1 aromatic heterocycles. The minimum atomic E-state index is -0.743. The van der Waals surface area contributed by atoms with Gasteiger partial charge in [0.25, 0.3) is 5.91 Å². The van der Waals surface area contributed by atoms with Gasteiger partial charge in [-0.1, -0.05) is 46.9 Å². The van der Waals surface area contributed by atoms with Gasteiger partial charge in [-0.2, -0.15) is 0 Å². The van der Waals surface area contributed by atoms with Crippen molar-refractivity contribution in [1.82, 2.24) is 10.3 Å². The summed E-state index contributed by atoms with van der Waals surface area (Å²) in [7, 11) is 0. The molecule has 0 radical (unpaired) electrons. The van der Waals surface area contributed by atoms with E-state index in [1.165, 1.54) is 18.3 Å². The van der Waals surface area contributed by atoms with Crippen LogP contribution in [0.25, 0.3) is 10.8 Å². The van der Waals surface area contributed by atoms with Crippen molar-refractivity contribution in [3.8, 4) is 11.5 Å². The van der Waals surface area contributed by atoms with Crippen molar-refractivity contribution in [2.24, 2.45) is 0 Å². The minimum absolute atomic E-state index is 0.000802. The lowest BCUT2D eigenvalue weighted by Crippen LogP contribution is -2.34. The van der Waals surface area contributed by atoms with Gasteiger partial charge in [0.1, 0.15) is 16.7 Å². The van der Waals surface area contributed by atoms with Crippen molar-refractivity contribution in [2.75, 3.05) is 5.32 Å². The van der Waals surface area contributed by atoms with Crippen LogP contribution in [0.15, 0.2) is 72.9 Å². The van der Waals surface area contributed by atoms with Crippen molar-refractivity contribution in [2.45, 2.75) is 0 Å². The third-order valence-corrected chi connectivity index (χ3v) is 5.25. The van der Waals surface area contributed by atoms with E-state index in [9.17, 15) is 9.59 Å². The van der Waals surface area contributed by atoms with Crippen molar-refractivity contribution >= 4 is 63.2 Å². The number of ether oxygens (including phenoxy) is 1. The molecule has 0 unspecified atom stereocenters. The molecule has 0 aliphatic rings. The van der Waals surface area contributed by atoms with Gasteiger partial charge in [0.15, 0.2) is 0 Å². The van der Waals surface area contributed by atoms with E-state index < -0.39 is 11.9 Å². The molecule has 3 aromatic carbocycles. The molecule has 2 N–H and O–H groups in total. The van der Waals surface area contributed by atoms with E-state index in [4.69, 9.17) is 39.5 Å². The van der Waals surface area contributed by atoms with Crippen LogP contribution in [0, 0.1) is 0 Å². The number of hydrogen-bond donors (Lipinski definition) is 2. The smallest absolute Gasteiger partial charge is 0.326 e. The Morgan fingerprint density at radius 3 is 2.44 bits per heavy atom. The van der Waals surface area contributed by atoms with E-state index in [0.29, 0.717) is 22.2 Å². The zero-order valence-electron chi connectivity index (χ0n) is 16.2. The van der Waals surface area contributed by atoms with Crippen molar-refractivity contribution in [3.63, 3.8) is 0 Å². The molecular formula is C23H14Cl3N3O3. The van der Waals surface area contributed by atoms with Gasteiger partial charge in [-0.25, -0.2) is 9.78 Å². The lowest BCUT2D eigenvalue weighted by Gasteiger charge is -2.11. The number of urea groups is 1. The van der Waals surface area contributed by atoms with Gasteiger partial charge >= 0.3 is 6.03 Å². The topological polar surface area (TPSA) is 80.3 Å². The highest BCUT2D eigenvalue weighted by Crippen LogP contribution is 2.33. The Labute approximate surface area is 198 Å². The first kappa shape index (κ1) is 21.9. The highest BCUT2D eigenvalue weighted by molar-refractivity contribution is 6.33. The maximum absolute atomic E-state index is 12.2. The van der Waals surface area contributed by atoms with Gasteiger partial charge < -0.3 is 10.1 Å². The van der Waals surface area contributed by atoms with Gasteiger partial charge in [-0.15, -0.1) is 0 Å².